The van der Waals surface area contributed by atoms with Crippen LogP contribution in [0.4, 0.5) is 0 Å². The number of hydrogen-bond donors (Lipinski definition) is 1. The molecule has 0 unspecified atom stereocenters. The highest BCUT2D eigenvalue weighted by atomic mass is 79.9. The van der Waals surface area contributed by atoms with Gasteiger partial charge in [0.2, 0.25) is 0 Å². The molecule has 1 aliphatic carbocycles. The van der Waals surface area contributed by atoms with Crippen LogP contribution >= 0.6 is 15.9 Å². The third-order valence-electron chi connectivity index (χ3n) is 4.55. The van der Waals surface area contributed by atoms with Crippen LogP contribution < -0.4 is 4.74 Å². The maximum absolute atomic E-state index is 11.7. The molecule has 0 aromatic heterocycles. The Morgan fingerprint density at radius 3 is 2.41 bits per heavy atom. The van der Waals surface area contributed by atoms with E-state index in [4.69, 9.17) is 9.47 Å². The first-order valence-electron chi connectivity index (χ1n) is 7.34. The molecule has 0 fully saturated rings. The molecule has 1 N–H and O–H groups in total. The molecule has 1 aromatic rings. The van der Waals surface area contributed by atoms with E-state index in [1.807, 2.05) is 0 Å². The monoisotopic (exact) mass is 370 g/mol. The van der Waals surface area contributed by atoms with Gasteiger partial charge in [0.05, 0.1) is 4.47 Å². The van der Waals surface area contributed by atoms with Crippen molar-refractivity contribution in [1.29, 1.82) is 0 Å². The lowest BCUT2D eigenvalue weighted by Gasteiger charge is -2.43. The van der Waals surface area contributed by atoms with Gasteiger partial charge in [0.1, 0.15) is 5.56 Å². The summed E-state index contributed by atoms with van der Waals surface area (Å²) in [5.41, 5.74) is 2.30. The minimum atomic E-state index is -0.992. The predicted molar refractivity (Wildman–Crippen MR) is 88.9 cm³/mol. The molecule has 2 rings (SSSR count). The summed E-state index contributed by atoms with van der Waals surface area (Å²) >= 11 is 3.60. The number of rotatable bonds is 4. The molecule has 4 nitrogen and oxygen atoms in total. The summed E-state index contributed by atoms with van der Waals surface area (Å²) in [5.74, 6) is -0.646. The highest BCUT2D eigenvalue weighted by molar-refractivity contribution is 9.10. The molecular weight excluding hydrogens is 348 g/mol. The molecule has 0 bridgehead atoms. The van der Waals surface area contributed by atoms with E-state index < -0.39 is 5.97 Å². The van der Waals surface area contributed by atoms with Gasteiger partial charge in [-0.1, -0.05) is 27.7 Å². The number of carboxylic acids is 1. The molecular formula is C17H23BrO4. The van der Waals surface area contributed by atoms with Crippen LogP contribution in [-0.2, 0) is 15.6 Å². The van der Waals surface area contributed by atoms with Crippen LogP contribution in [0, 0.1) is 0 Å². The number of carbonyl (C=O) groups is 1. The number of carboxylic acid groups (broad SMARTS) is 1. The van der Waals surface area contributed by atoms with Crippen molar-refractivity contribution in [3.05, 3.63) is 27.2 Å². The average Bonchev–Trinajstić information content (AvgIpc) is 2.41. The standard InChI is InChI=1S/C17H23BrO4/c1-16(2)6-7-17(3,4)12-11(16)8-10(15(19)20)14(13(12)18)22-9-21-5/h8H,6-7,9H2,1-5H3,(H,19,20). The van der Waals surface area contributed by atoms with E-state index in [-0.39, 0.29) is 23.2 Å². The van der Waals surface area contributed by atoms with E-state index in [2.05, 4.69) is 43.6 Å². The topological polar surface area (TPSA) is 55.8 Å². The van der Waals surface area contributed by atoms with Crippen LogP contribution in [0.5, 0.6) is 5.75 Å². The maximum Gasteiger partial charge on any atom is 0.339 e. The molecule has 1 aromatic carbocycles. The quantitative estimate of drug-likeness (QED) is 0.793. The van der Waals surface area contributed by atoms with E-state index in [0.29, 0.717) is 5.75 Å². The number of aromatic carboxylic acids is 1. The smallest absolute Gasteiger partial charge is 0.339 e. The Kier molecular flexibility index (Phi) is 4.60. The first kappa shape index (κ1) is 17.3. The van der Waals surface area contributed by atoms with Crippen LogP contribution in [0.1, 0.15) is 62.0 Å². The molecule has 0 heterocycles. The van der Waals surface area contributed by atoms with Crippen molar-refractivity contribution in [3.8, 4) is 5.75 Å². The average molecular weight is 371 g/mol. The Balaban J connectivity index is 2.76. The van der Waals surface area contributed by atoms with E-state index >= 15 is 0 Å². The van der Waals surface area contributed by atoms with Crippen molar-refractivity contribution in [2.75, 3.05) is 13.9 Å². The van der Waals surface area contributed by atoms with Crippen molar-refractivity contribution in [1.82, 2.24) is 0 Å². The van der Waals surface area contributed by atoms with Gasteiger partial charge in [-0.05, 0) is 56.8 Å². The summed E-state index contributed by atoms with van der Waals surface area (Å²) < 4.78 is 11.2. The normalized spacial score (nSPS) is 18.6. The highest BCUT2D eigenvalue weighted by Gasteiger charge is 2.40. The van der Waals surface area contributed by atoms with Crippen molar-refractivity contribution in [2.45, 2.75) is 51.4 Å². The molecule has 0 atom stereocenters. The highest BCUT2D eigenvalue weighted by Crippen LogP contribution is 2.51. The molecule has 0 saturated heterocycles. The van der Waals surface area contributed by atoms with Gasteiger partial charge in [-0.25, -0.2) is 4.79 Å². The first-order chi connectivity index (χ1) is 10.1. The van der Waals surface area contributed by atoms with Crippen molar-refractivity contribution >= 4 is 21.9 Å². The zero-order chi connectivity index (χ0) is 16.7. The summed E-state index contributed by atoms with van der Waals surface area (Å²) in [6.45, 7) is 8.71. The third kappa shape index (κ3) is 2.88. The second-order valence-electron chi connectivity index (χ2n) is 7.11. The SMILES string of the molecule is COCOc1c(C(=O)O)cc2c(c1Br)C(C)(C)CCC2(C)C. The van der Waals surface area contributed by atoms with Crippen LogP contribution in [0.25, 0.3) is 0 Å². The Morgan fingerprint density at radius 2 is 1.86 bits per heavy atom. The van der Waals surface area contributed by atoms with E-state index in [0.717, 1.165) is 28.4 Å². The second-order valence-corrected chi connectivity index (χ2v) is 7.91. The molecule has 0 saturated carbocycles. The zero-order valence-electron chi connectivity index (χ0n) is 13.7. The van der Waals surface area contributed by atoms with E-state index in [9.17, 15) is 9.90 Å². The lowest BCUT2D eigenvalue weighted by molar-refractivity contribution is 0.0475. The maximum atomic E-state index is 11.7. The Morgan fingerprint density at radius 1 is 1.27 bits per heavy atom. The van der Waals surface area contributed by atoms with Crippen LogP contribution in [-0.4, -0.2) is 25.0 Å². The molecule has 22 heavy (non-hydrogen) atoms. The van der Waals surface area contributed by atoms with Crippen molar-refractivity contribution in [2.24, 2.45) is 0 Å². The molecule has 122 valence electrons. The molecule has 1 aliphatic rings. The summed E-state index contributed by atoms with van der Waals surface area (Å²) in [7, 11) is 1.51. The minimum absolute atomic E-state index is 0.0154. The van der Waals surface area contributed by atoms with E-state index in [1.165, 1.54) is 7.11 Å². The molecule has 0 aliphatic heterocycles. The third-order valence-corrected chi connectivity index (χ3v) is 5.31. The minimum Gasteiger partial charge on any atom is -0.478 e. The summed E-state index contributed by atoms with van der Waals surface area (Å²) in [6.07, 6.45) is 2.07. The molecule has 0 radical (unpaired) electrons. The first-order valence-corrected chi connectivity index (χ1v) is 8.13. The van der Waals surface area contributed by atoms with E-state index in [1.54, 1.807) is 6.07 Å². The van der Waals surface area contributed by atoms with Gasteiger partial charge in [-0.15, -0.1) is 0 Å². The number of methoxy groups -OCH3 is 1. The number of ether oxygens (including phenoxy) is 2. The molecule has 0 amide bonds. The lowest BCUT2D eigenvalue weighted by Crippen LogP contribution is -2.35. The Labute approximate surface area is 139 Å². The van der Waals surface area contributed by atoms with Crippen LogP contribution in [0.15, 0.2) is 10.5 Å². The van der Waals surface area contributed by atoms with Gasteiger partial charge in [0.25, 0.3) is 0 Å². The lowest BCUT2D eigenvalue weighted by atomic mass is 9.63. The zero-order valence-corrected chi connectivity index (χ0v) is 15.3. The summed E-state index contributed by atoms with van der Waals surface area (Å²) in [4.78, 5) is 11.7. The number of fused-ring (bicyclic) bond motifs is 1. The summed E-state index contributed by atoms with van der Waals surface area (Å²) in [6, 6.07) is 1.77. The summed E-state index contributed by atoms with van der Waals surface area (Å²) in [5, 5.41) is 9.55. The van der Waals surface area contributed by atoms with Gasteiger partial charge in [0.15, 0.2) is 12.5 Å². The second kappa shape index (κ2) is 5.85. The number of hydrogen-bond acceptors (Lipinski definition) is 3. The van der Waals surface area contributed by atoms with Gasteiger partial charge in [-0.2, -0.15) is 0 Å². The number of halogens is 1. The Hall–Kier alpha value is -1.07. The molecule has 5 heteroatoms. The predicted octanol–water partition coefficient (Wildman–Crippen LogP) is 4.48. The van der Waals surface area contributed by atoms with Gasteiger partial charge >= 0.3 is 5.97 Å². The fourth-order valence-electron chi connectivity index (χ4n) is 3.13. The molecule has 0 spiro atoms. The van der Waals surface area contributed by atoms with Crippen LogP contribution in [0.3, 0.4) is 0 Å². The van der Waals surface area contributed by atoms with Crippen molar-refractivity contribution in [3.63, 3.8) is 0 Å². The van der Waals surface area contributed by atoms with Gasteiger partial charge in [0, 0.05) is 7.11 Å². The van der Waals surface area contributed by atoms with Gasteiger partial charge < -0.3 is 14.6 Å². The Bertz CT molecular complexity index is 605. The largest absolute Gasteiger partial charge is 0.478 e. The fraction of sp³-hybridized carbons (Fsp3) is 0.588. The van der Waals surface area contributed by atoms with Gasteiger partial charge in [-0.3, -0.25) is 0 Å². The van der Waals surface area contributed by atoms with Crippen LogP contribution in [0.2, 0.25) is 0 Å². The fourth-order valence-corrected chi connectivity index (χ4v) is 4.21. The van der Waals surface area contributed by atoms with Crippen molar-refractivity contribution < 1.29 is 19.4 Å². The number of benzene rings is 1.